The highest BCUT2D eigenvalue weighted by molar-refractivity contribution is 5.37. The third kappa shape index (κ3) is 5.80. The van der Waals surface area contributed by atoms with Gasteiger partial charge in [0.1, 0.15) is 11.6 Å². The van der Waals surface area contributed by atoms with Gasteiger partial charge in [-0.1, -0.05) is 24.6 Å². The molecule has 4 heteroatoms. The summed E-state index contributed by atoms with van der Waals surface area (Å²) < 4.78 is 19.0. The van der Waals surface area contributed by atoms with E-state index in [4.69, 9.17) is 15.6 Å². The molecule has 158 valence electrons. The number of benzene rings is 2. The average molecular weight is 400 g/mol. The third-order valence-electron chi connectivity index (χ3n) is 6.34. The summed E-state index contributed by atoms with van der Waals surface area (Å²) in [7, 11) is 1.64. The van der Waals surface area contributed by atoms with Gasteiger partial charge in [0.05, 0.1) is 7.11 Å². The van der Waals surface area contributed by atoms with Crippen molar-refractivity contribution in [1.82, 2.24) is 0 Å². The van der Waals surface area contributed by atoms with E-state index in [1.54, 1.807) is 19.2 Å². The smallest absolute Gasteiger partial charge is 0.123 e. The van der Waals surface area contributed by atoms with Crippen molar-refractivity contribution in [2.45, 2.75) is 57.3 Å². The molecular formula is C25H34FNO2. The van der Waals surface area contributed by atoms with Gasteiger partial charge < -0.3 is 15.6 Å². The molecule has 0 saturated carbocycles. The Balaban J connectivity index is 1.60. The number of halogens is 1. The Hall–Kier alpha value is -1.91. The van der Waals surface area contributed by atoms with Crippen LogP contribution < -0.4 is 10.5 Å². The lowest BCUT2D eigenvalue weighted by atomic mass is 9.79. The van der Waals surface area contributed by atoms with E-state index in [0.717, 1.165) is 56.3 Å². The minimum Gasteiger partial charge on any atom is -0.496 e. The maximum absolute atomic E-state index is 13.6. The number of methoxy groups -OCH3 is 1. The number of unbranched alkanes of at least 4 members (excludes halogenated alkanes) is 1. The second-order valence-electron chi connectivity index (χ2n) is 8.28. The van der Waals surface area contributed by atoms with E-state index >= 15 is 0 Å². The minimum atomic E-state index is -0.198. The van der Waals surface area contributed by atoms with E-state index < -0.39 is 0 Å². The number of aliphatic hydroxyl groups excluding tert-OH is 1. The van der Waals surface area contributed by atoms with E-state index in [0.29, 0.717) is 18.4 Å². The molecule has 0 amide bonds. The Morgan fingerprint density at radius 3 is 2.79 bits per heavy atom. The Morgan fingerprint density at radius 2 is 2.03 bits per heavy atom. The van der Waals surface area contributed by atoms with Gasteiger partial charge in [0.25, 0.3) is 0 Å². The molecule has 1 aliphatic carbocycles. The van der Waals surface area contributed by atoms with Crippen LogP contribution in [0.15, 0.2) is 36.4 Å². The molecule has 3 nitrogen and oxygen atoms in total. The van der Waals surface area contributed by atoms with Crippen molar-refractivity contribution >= 4 is 0 Å². The summed E-state index contributed by atoms with van der Waals surface area (Å²) in [5.41, 5.74) is 11.2. The highest BCUT2D eigenvalue weighted by Crippen LogP contribution is 2.32. The molecule has 0 aromatic heterocycles. The van der Waals surface area contributed by atoms with Crippen molar-refractivity contribution in [1.29, 1.82) is 0 Å². The fourth-order valence-electron chi connectivity index (χ4n) is 4.58. The van der Waals surface area contributed by atoms with Crippen molar-refractivity contribution in [2.75, 3.05) is 20.3 Å². The van der Waals surface area contributed by atoms with Crippen molar-refractivity contribution in [3.8, 4) is 5.75 Å². The molecule has 3 N–H and O–H groups in total. The molecule has 2 atom stereocenters. The van der Waals surface area contributed by atoms with Gasteiger partial charge in [0.2, 0.25) is 0 Å². The number of ether oxygens (including phenoxy) is 1. The molecule has 0 bridgehead atoms. The summed E-state index contributed by atoms with van der Waals surface area (Å²) >= 11 is 0. The van der Waals surface area contributed by atoms with Crippen LogP contribution in [0.4, 0.5) is 4.39 Å². The van der Waals surface area contributed by atoms with Crippen LogP contribution in [-0.2, 0) is 19.3 Å². The Labute approximate surface area is 174 Å². The number of hydrogen-bond donors (Lipinski definition) is 2. The summed E-state index contributed by atoms with van der Waals surface area (Å²) in [6.07, 6.45) is 8.15. The lowest BCUT2D eigenvalue weighted by Gasteiger charge is -2.26. The van der Waals surface area contributed by atoms with Gasteiger partial charge in [-0.25, -0.2) is 4.39 Å². The second-order valence-corrected chi connectivity index (χ2v) is 8.28. The summed E-state index contributed by atoms with van der Waals surface area (Å²) in [6, 6.07) is 11.7. The predicted molar refractivity (Wildman–Crippen MR) is 116 cm³/mol. The van der Waals surface area contributed by atoms with Crippen LogP contribution in [0.2, 0.25) is 0 Å². The largest absolute Gasteiger partial charge is 0.496 e. The van der Waals surface area contributed by atoms with Gasteiger partial charge in [0, 0.05) is 6.61 Å². The van der Waals surface area contributed by atoms with E-state index in [2.05, 4.69) is 18.2 Å². The molecule has 0 fully saturated rings. The van der Waals surface area contributed by atoms with Crippen molar-refractivity contribution < 1.29 is 14.2 Å². The van der Waals surface area contributed by atoms with Crippen LogP contribution in [0.1, 0.15) is 60.3 Å². The molecule has 3 rings (SSSR count). The minimum absolute atomic E-state index is 0.198. The summed E-state index contributed by atoms with van der Waals surface area (Å²) in [4.78, 5) is 0. The lowest BCUT2D eigenvalue weighted by molar-refractivity contribution is 0.281. The van der Waals surface area contributed by atoms with Crippen molar-refractivity contribution in [3.05, 3.63) is 64.5 Å². The number of fused-ring (bicyclic) bond motifs is 1. The van der Waals surface area contributed by atoms with Gasteiger partial charge in [-0.15, -0.1) is 0 Å². The number of aryl methyl sites for hydroxylation is 2. The molecule has 0 heterocycles. The van der Waals surface area contributed by atoms with Crippen LogP contribution in [-0.4, -0.2) is 25.4 Å². The van der Waals surface area contributed by atoms with Gasteiger partial charge >= 0.3 is 0 Å². The Bertz CT molecular complexity index is 792. The SMILES string of the molecule is COc1ccc(F)cc1CC[C@@H]1CCc2cc([C@H](CN)CCCCO)ccc2C1. The van der Waals surface area contributed by atoms with Crippen LogP contribution in [0, 0.1) is 11.7 Å². The number of hydrogen-bond acceptors (Lipinski definition) is 3. The van der Waals surface area contributed by atoms with Crippen molar-refractivity contribution in [2.24, 2.45) is 11.7 Å². The molecule has 2 aromatic carbocycles. The first-order chi connectivity index (χ1) is 14.1. The van der Waals surface area contributed by atoms with Gasteiger partial charge in [0.15, 0.2) is 0 Å². The first kappa shape index (κ1) is 21.8. The third-order valence-corrected chi connectivity index (χ3v) is 6.34. The highest BCUT2D eigenvalue weighted by atomic mass is 19.1. The number of aliphatic hydroxyl groups is 1. The zero-order valence-electron chi connectivity index (χ0n) is 17.5. The number of rotatable bonds is 10. The molecule has 2 aromatic rings. The summed E-state index contributed by atoms with van der Waals surface area (Å²) in [5, 5.41) is 9.01. The maximum Gasteiger partial charge on any atom is 0.123 e. The zero-order chi connectivity index (χ0) is 20.6. The maximum atomic E-state index is 13.6. The second kappa shape index (κ2) is 10.7. The van der Waals surface area contributed by atoms with Crippen molar-refractivity contribution in [3.63, 3.8) is 0 Å². The van der Waals surface area contributed by atoms with E-state index in [1.165, 1.54) is 29.2 Å². The van der Waals surface area contributed by atoms with Gasteiger partial charge in [-0.05, 0) is 104 Å². The van der Waals surface area contributed by atoms with E-state index in [1.807, 2.05) is 0 Å². The molecule has 29 heavy (non-hydrogen) atoms. The van der Waals surface area contributed by atoms with Crippen LogP contribution in [0.3, 0.4) is 0 Å². The number of nitrogens with two attached hydrogens (primary N) is 1. The fraction of sp³-hybridized carbons (Fsp3) is 0.520. The Morgan fingerprint density at radius 1 is 1.17 bits per heavy atom. The zero-order valence-corrected chi connectivity index (χ0v) is 17.5. The molecular weight excluding hydrogens is 365 g/mol. The van der Waals surface area contributed by atoms with Crippen LogP contribution in [0.5, 0.6) is 5.75 Å². The summed E-state index contributed by atoms with van der Waals surface area (Å²) in [6.45, 7) is 0.909. The normalized spacial score (nSPS) is 17.0. The molecule has 0 aliphatic heterocycles. The first-order valence-corrected chi connectivity index (χ1v) is 10.9. The molecule has 0 radical (unpaired) electrons. The quantitative estimate of drug-likeness (QED) is 0.566. The molecule has 0 spiro atoms. The lowest BCUT2D eigenvalue weighted by Crippen LogP contribution is -2.17. The monoisotopic (exact) mass is 399 g/mol. The summed E-state index contributed by atoms with van der Waals surface area (Å²) in [5.74, 6) is 1.58. The molecule has 0 saturated heterocycles. The molecule has 1 aliphatic rings. The van der Waals surface area contributed by atoms with E-state index in [9.17, 15) is 4.39 Å². The topological polar surface area (TPSA) is 55.5 Å². The average Bonchev–Trinajstić information content (AvgIpc) is 2.75. The van der Waals surface area contributed by atoms with Crippen LogP contribution >= 0.6 is 0 Å². The fourth-order valence-corrected chi connectivity index (χ4v) is 4.58. The predicted octanol–water partition coefficient (Wildman–Crippen LogP) is 4.78. The van der Waals surface area contributed by atoms with E-state index in [-0.39, 0.29) is 12.4 Å². The van der Waals surface area contributed by atoms with Gasteiger partial charge in [-0.3, -0.25) is 0 Å². The van der Waals surface area contributed by atoms with Crippen LogP contribution in [0.25, 0.3) is 0 Å². The Kier molecular flexibility index (Phi) is 8.08. The van der Waals surface area contributed by atoms with Gasteiger partial charge in [-0.2, -0.15) is 0 Å². The molecule has 0 unspecified atom stereocenters. The standard InChI is InChI=1S/C25H34FNO2/c1-29-25-12-11-24(26)16-22(25)8-6-18-5-7-20-15-21(10-9-19(20)14-18)23(17-27)4-2-3-13-28/h9-12,15-16,18,23,28H,2-8,13-14,17,27H2,1H3/t18-,23-/m0/s1. The highest BCUT2D eigenvalue weighted by Gasteiger charge is 2.21. The first-order valence-electron chi connectivity index (χ1n) is 10.9.